The second-order valence-electron chi connectivity index (χ2n) is 4.22. The van der Waals surface area contributed by atoms with Gasteiger partial charge in [0.05, 0.1) is 11.2 Å². The van der Waals surface area contributed by atoms with Crippen molar-refractivity contribution in [2.45, 2.75) is 4.90 Å². The van der Waals surface area contributed by atoms with Crippen LogP contribution in [0.1, 0.15) is 0 Å². The van der Waals surface area contributed by atoms with Gasteiger partial charge in [-0.05, 0) is 24.3 Å². The summed E-state index contributed by atoms with van der Waals surface area (Å²) in [5.74, 6) is -1.27. The number of aromatic nitrogens is 1. The maximum atomic E-state index is 12.2. The van der Waals surface area contributed by atoms with Gasteiger partial charge < -0.3 is 10.2 Å². The average Bonchev–Trinajstić information content (AvgIpc) is 2.68. The minimum Gasteiger partial charge on any atom is -0.494 e. The Morgan fingerprint density at radius 1 is 0.905 bits per heavy atom. The van der Waals surface area contributed by atoms with Crippen LogP contribution < -0.4 is 4.72 Å². The highest BCUT2D eigenvalue weighted by atomic mass is 32.2. The van der Waals surface area contributed by atoms with E-state index in [1.165, 1.54) is 12.1 Å². The van der Waals surface area contributed by atoms with E-state index in [1.807, 2.05) is 0 Å². The third-order valence-corrected chi connectivity index (χ3v) is 4.82. The van der Waals surface area contributed by atoms with E-state index in [9.17, 15) is 27.0 Å². The number of nitrogens with one attached hydrogen (secondary N) is 1. The van der Waals surface area contributed by atoms with Crippen LogP contribution >= 0.6 is 0 Å². The molecule has 0 aliphatic heterocycles. The Balaban J connectivity index is 2.43. The van der Waals surface area contributed by atoms with Gasteiger partial charge in [-0.15, -0.1) is 0 Å². The van der Waals surface area contributed by atoms with Crippen molar-refractivity contribution in [1.29, 1.82) is 0 Å². The molecular formula is C11H12N2O6S2. The molecule has 10 heteroatoms. The number of benzene rings is 1. The Kier molecular flexibility index (Phi) is 3.59. The second kappa shape index (κ2) is 4.97. The van der Waals surface area contributed by atoms with Crippen LogP contribution in [0.15, 0.2) is 41.3 Å². The van der Waals surface area contributed by atoms with Gasteiger partial charge in [-0.1, -0.05) is 0 Å². The van der Waals surface area contributed by atoms with Gasteiger partial charge >= 0.3 is 0 Å². The van der Waals surface area contributed by atoms with Crippen LogP contribution in [0.25, 0.3) is 0 Å². The van der Waals surface area contributed by atoms with E-state index < -0.39 is 31.8 Å². The Bertz CT molecular complexity index is 846. The van der Waals surface area contributed by atoms with Crippen molar-refractivity contribution in [3.05, 3.63) is 36.4 Å². The van der Waals surface area contributed by atoms with Crippen molar-refractivity contribution in [1.82, 2.24) is 3.97 Å². The molecule has 0 saturated heterocycles. The molecule has 3 N–H and O–H groups in total. The van der Waals surface area contributed by atoms with Crippen molar-refractivity contribution in [3.8, 4) is 11.8 Å². The van der Waals surface area contributed by atoms with E-state index in [-0.39, 0.29) is 10.6 Å². The molecule has 0 bridgehead atoms. The summed E-state index contributed by atoms with van der Waals surface area (Å²) in [5, 5.41) is 18.9. The van der Waals surface area contributed by atoms with Crippen LogP contribution in [0.3, 0.4) is 0 Å². The molecule has 0 fully saturated rings. The molecule has 0 saturated carbocycles. The first kappa shape index (κ1) is 15.2. The lowest BCUT2D eigenvalue weighted by Crippen LogP contribution is -2.13. The Morgan fingerprint density at radius 2 is 1.38 bits per heavy atom. The van der Waals surface area contributed by atoms with Crippen molar-refractivity contribution in [2.24, 2.45) is 0 Å². The molecule has 0 amide bonds. The molecule has 8 nitrogen and oxygen atoms in total. The van der Waals surface area contributed by atoms with Gasteiger partial charge in [0.15, 0.2) is 0 Å². The topological polar surface area (TPSA) is 126 Å². The van der Waals surface area contributed by atoms with Crippen LogP contribution in [0.2, 0.25) is 0 Å². The summed E-state index contributed by atoms with van der Waals surface area (Å²) >= 11 is 0. The molecule has 114 valence electrons. The number of anilines is 1. The lowest BCUT2D eigenvalue weighted by atomic mass is 10.3. The summed E-state index contributed by atoms with van der Waals surface area (Å²) in [4.78, 5) is -0.219. The van der Waals surface area contributed by atoms with E-state index in [0.29, 0.717) is 3.97 Å². The van der Waals surface area contributed by atoms with Gasteiger partial charge in [0, 0.05) is 17.8 Å². The van der Waals surface area contributed by atoms with E-state index in [0.717, 1.165) is 30.5 Å². The van der Waals surface area contributed by atoms with E-state index in [1.54, 1.807) is 0 Å². The molecule has 0 unspecified atom stereocenters. The Labute approximate surface area is 121 Å². The van der Waals surface area contributed by atoms with Crippen LogP contribution in [0, 0.1) is 0 Å². The molecule has 2 aromatic rings. The fraction of sp³-hybridized carbons (Fsp3) is 0.0909. The molecule has 0 aliphatic carbocycles. The van der Waals surface area contributed by atoms with Crippen molar-refractivity contribution < 1.29 is 27.0 Å². The summed E-state index contributed by atoms with van der Waals surface area (Å²) in [6.45, 7) is 0. The third-order valence-electron chi connectivity index (χ3n) is 2.49. The maximum absolute atomic E-state index is 12.2. The zero-order valence-corrected chi connectivity index (χ0v) is 12.4. The number of aromatic hydroxyl groups is 2. The lowest BCUT2D eigenvalue weighted by molar-refractivity contribution is 0.408. The standard InChI is InChI=1S/C11H12N2O6S2/c1-20(16,17)12-8-2-4-9(5-3-8)21(18,19)13-10(14)6-7-11(13)15/h2-7,12,14-15H,1H3. The zero-order valence-electron chi connectivity index (χ0n) is 10.8. The van der Waals surface area contributed by atoms with E-state index in [4.69, 9.17) is 0 Å². The fourth-order valence-electron chi connectivity index (χ4n) is 1.66. The normalized spacial score (nSPS) is 12.2. The molecule has 0 radical (unpaired) electrons. The first-order valence-corrected chi connectivity index (χ1v) is 8.87. The summed E-state index contributed by atoms with van der Waals surface area (Å²) in [5.41, 5.74) is 0.192. The van der Waals surface area contributed by atoms with E-state index >= 15 is 0 Å². The monoisotopic (exact) mass is 332 g/mol. The molecule has 0 aliphatic rings. The van der Waals surface area contributed by atoms with Gasteiger partial charge in [-0.2, -0.15) is 3.97 Å². The highest BCUT2D eigenvalue weighted by Gasteiger charge is 2.23. The number of sulfonamides is 1. The Hall–Kier alpha value is -2.20. The van der Waals surface area contributed by atoms with Gasteiger partial charge in [0.2, 0.25) is 21.8 Å². The van der Waals surface area contributed by atoms with Crippen molar-refractivity contribution in [2.75, 3.05) is 11.0 Å². The summed E-state index contributed by atoms with van der Waals surface area (Å²) < 4.78 is 49.1. The van der Waals surface area contributed by atoms with Gasteiger partial charge in [0.1, 0.15) is 0 Å². The van der Waals surface area contributed by atoms with Crippen molar-refractivity contribution >= 4 is 25.7 Å². The minimum absolute atomic E-state index is 0.192. The molecule has 1 heterocycles. The Morgan fingerprint density at radius 3 is 1.81 bits per heavy atom. The smallest absolute Gasteiger partial charge is 0.273 e. The molecule has 21 heavy (non-hydrogen) atoms. The molecular weight excluding hydrogens is 320 g/mol. The molecule has 1 aromatic heterocycles. The highest BCUT2D eigenvalue weighted by Crippen LogP contribution is 2.28. The van der Waals surface area contributed by atoms with Crippen LogP contribution in [0.4, 0.5) is 5.69 Å². The largest absolute Gasteiger partial charge is 0.494 e. The number of nitrogens with zero attached hydrogens (tertiary/aromatic N) is 1. The lowest BCUT2D eigenvalue weighted by Gasteiger charge is -2.09. The summed E-state index contributed by atoms with van der Waals surface area (Å²) in [6, 6.07) is 6.89. The van der Waals surface area contributed by atoms with Crippen LogP contribution in [-0.4, -0.2) is 37.3 Å². The van der Waals surface area contributed by atoms with Crippen LogP contribution in [-0.2, 0) is 20.0 Å². The predicted octanol–water partition coefficient (Wildman–Crippen LogP) is 0.508. The predicted molar refractivity (Wildman–Crippen MR) is 75.3 cm³/mol. The molecule has 2 rings (SSSR count). The van der Waals surface area contributed by atoms with E-state index in [2.05, 4.69) is 4.72 Å². The average molecular weight is 332 g/mol. The summed E-state index contributed by atoms with van der Waals surface area (Å²) in [7, 11) is -7.64. The second-order valence-corrected chi connectivity index (χ2v) is 7.75. The number of rotatable bonds is 4. The third kappa shape index (κ3) is 3.11. The SMILES string of the molecule is CS(=O)(=O)Nc1ccc(S(=O)(=O)n2c(O)ccc2O)cc1. The summed E-state index contributed by atoms with van der Waals surface area (Å²) in [6.07, 6.45) is 0.966. The zero-order chi connectivity index (χ0) is 15.8. The van der Waals surface area contributed by atoms with Gasteiger partial charge in [0.25, 0.3) is 10.0 Å². The minimum atomic E-state index is -4.18. The van der Waals surface area contributed by atoms with Crippen LogP contribution in [0.5, 0.6) is 11.8 Å². The first-order chi connectivity index (χ1) is 9.61. The van der Waals surface area contributed by atoms with Gasteiger partial charge in [-0.3, -0.25) is 4.72 Å². The molecule has 0 atom stereocenters. The maximum Gasteiger partial charge on any atom is 0.273 e. The van der Waals surface area contributed by atoms with Gasteiger partial charge in [-0.25, -0.2) is 16.8 Å². The van der Waals surface area contributed by atoms with Crippen molar-refractivity contribution in [3.63, 3.8) is 0 Å². The first-order valence-electron chi connectivity index (χ1n) is 5.54. The quantitative estimate of drug-likeness (QED) is 0.749. The highest BCUT2D eigenvalue weighted by molar-refractivity contribution is 7.92. The number of hydrogen-bond acceptors (Lipinski definition) is 6. The fourth-order valence-corrected chi connectivity index (χ4v) is 3.53. The number of hydrogen-bond donors (Lipinski definition) is 3. The molecule has 0 spiro atoms. The molecule has 1 aromatic carbocycles.